The van der Waals surface area contributed by atoms with Gasteiger partial charge in [0.1, 0.15) is 0 Å². The zero-order valence-corrected chi connectivity index (χ0v) is 17.0. The average molecular weight is 404 g/mol. The van der Waals surface area contributed by atoms with Gasteiger partial charge < -0.3 is 9.47 Å². The van der Waals surface area contributed by atoms with E-state index in [1.165, 1.54) is 0 Å². The van der Waals surface area contributed by atoms with E-state index in [1.54, 1.807) is 13.0 Å². The van der Waals surface area contributed by atoms with Crippen molar-refractivity contribution in [2.24, 2.45) is 5.92 Å². The lowest BCUT2D eigenvalue weighted by Gasteiger charge is -2.29. The van der Waals surface area contributed by atoms with Crippen LogP contribution in [0.25, 0.3) is 0 Å². The van der Waals surface area contributed by atoms with Crippen LogP contribution in [0.5, 0.6) is 5.75 Å². The average Bonchev–Trinajstić information content (AvgIpc) is 2.71. The van der Waals surface area contributed by atoms with E-state index in [-0.39, 0.29) is 36.2 Å². The molecule has 0 amide bonds. The number of fused-ring (bicyclic) bond motifs is 1. The Bertz CT molecular complexity index is 875. The van der Waals surface area contributed by atoms with Crippen molar-refractivity contribution in [1.29, 1.82) is 0 Å². The predicted molar refractivity (Wildman–Crippen MR) is 108 cm³/mol. The SMILES string of the molecule is C=C(OCC)/C(F)=C1/Oc2c(cc(C3CCC(/C=C/C)CC3)c(F)c2F)CC1=C. The van der Waals surface area contributed by atoms with Gasteiger partial charge in [-0.2, -0.15) is 8.78 Å². The highest BCUT2D eigenvalue weighted by atomic mass is 19.2. The Labute approximate surface area is 170 Å². The van der Waals surface area contributed by atoms with E-state index >= 15 is 0 Å². The largest absolute Gasteiger partial charge is 0.491 e. The maximum Gasteiger partial charge on any atom is 0.207 e. The van der Waals surface area contributed by atoms with Gasteiger partial charge in [0.25, 0.3) is 0 Å². The van der Waals surface area contributed by atoms with E-state index in [2.05, 4.69) is 19.2 Å². The van der Waals surface area contributed by atoms with Crippen molar-refractivity contribution in [1.82, 2.24) is 0 Å². The van der Waals surface area contributed by atoms with Crippen LogP contribution >= 0.6 is 0 Å². The molecule has 1 aliphatic carbocycles. The molecule has 1 fully saturated rings. The molecule has 0 N–H and O–H groups in total. The number of hydrogen-bond acceptors (Lipinski definition) is 2. The molecule has 0 atom stereocenters. The van der Waals surface area contributed by atoms with Gasteiger partial charge in [0, 0.05) is 12.0 Å². The van der Waals surface area contributed by atoms with E-state index in [4.69, 9.17) is 9.47 Å². The van der Waals surface area contributed by atoms with Crippen molar-refractivity contribution in [3.8, 4) is 5.75 Å². The standard InChI is InChI=1S/C24H27F3O2/c1-5-7-16-8-10-17(11-9-16)19-13-18-12-14(3)23(20(25)15(4)28-6-2)29-24(18)22(27)21(19)26/h5,7,13,16-17H,3-4,6,8-12H2,1-2H3/b7-5+,23-20-. The molecule has 1 saturated carbocycles. The van der Waals surface area contributed by atoms with Gasteiger partial charge >= 0.3 is 0 Å². The molecular weight excluding hydrogens is 377 g/mol. The third-order valence-electron chi connectivity index (χ3n) is 5.63. The third-order valence-corrected chi connectivity index (χ3v) is 5.63. The molecule has 3 rings (SSSR count). The van der Waals surface area contributed by atoms with Crippen LogP contribution in [0.1, 0.15) is 56.6 Å². The fourth-order valence-electron chi connectivity index (χ4n) is 4.17. The number of rotatable bonds is 5. The highest BCUT2D eigenvalue weighted by Gasteiger charge is 2.32. The predicted octanol–water partition coefficient (Wildman–Crippen LogP) is 7.04. The van der Waals surface area contributed by atoms with Crippen LogP contribution in [-0.2, 0) is 11.2 Å². The second-order valence-electron chi connectivity index (χ2n) is 7.60. The summed E-state index contributed by atoms with van der Waals surface area (Å²) in [6, 6.07) is 1.66. The molecule has 0 aromatic heterocycles. The Balaban J connectivity index is 1.91. The molecule has 1 aliphatic heterocycles. The van der Waals surface area contributed by atoms with E-state index < -0.39 is 17.5 Å². The van der Waals surface area contributed by atoms with Crippen LogP contribution in [0, 0.1) is 17.6 Å². The molecule has 29 heavy (non-hydrogen) atoms. The van der Waals surface area contributed by atoms with Crippen molar-refractivity contribution in [3.05, 3.63) is 77.1 Å². The summed E-state index contributed by atoms with van der Waals surface area (Å²) in [5, 5.41) is 0. The van der Waals surface area contributed by atoms with Crippen LogP contribution < -0.4 is 4.74 Å². The second kappa shape index (κ2) is 8.93. The summed E-state index contributed by atoms with van der Waals surface area (Å²) in [5.41, 5.74) is 1.20. The second-order valence-corrected chi connectivity index (χ2v) is 7.60. The Kier molecular flexibility index (Phi) is 6.56. The number of allylic oxidation sites excluding steroid dienone is 4. The van der Waals surface area contributed by atoms with Crippen molar-refractivity contribution in [3.63, 3.8) is 0 Å². The van der Waals surface area contributed by atoms with Gasteiger partial charge in [0.15, 0.2) is 23.1 Å². The molecule has 0 radical (unpaired) electrons. The Morgan fingerprint density at radius 2 is 1.93 bits per heavy atom. The van der Waals surface area contributed by atoms with Crippen LogP contribution in [0.3, 0.4) is 0 Å². The zero-order chi connectivity index (χ0) is 21.1. The number of hydrogen-bond donors (Lipinski definition) is 0. The summed E-state index contributed by atoms with van der Waals surface area (Å²) >= 11 is 0. The minimum atomic E-state index is -1.08. The van der Waals surface area contributed by atoms with Crippen molar-refractivity contribution < 1.29 is 22.6 Å². The number of halogens is 3. The highest BCUT2D eigenvalue weighted by Crippen LogP contribution is 2.43. The van der Waals surface area contributed by atoms with E-state index in [1.807, 2.05) is 13.0 Å². The first-order valence-electron chi connectivity index (χ1n) is 10.1. The van der Waals surface area contributed by atoms with E-state index in [9.17, 15) is 13.2 Å². The Morgan fingerprint density at radius 1 is 1.24 bits per heavy atom. The smallest absolute Gasteiger partial charge is 0.207 e. The topological polar surface area (TPSA) is 18.5 Å². The summed E-state index contributed by atoms with van der Waals surface area (Å²) < 4.78 is 54.8. The van der Waals surface area contributed by atoms with Gasteiger partial charge in [-0.25, -0.2) is 4.39 Å². The van der Waals surface area contributed by atoms with Gasteiger partial charge in [-0.05, 0) is 68.6 Å². The summed E-state index contributed by atoms with van der Waals surface area (Å²) in [7, 11) is 0. The first-order chi connectivity index (χ1) is 13.9. The lowest BCUT2D eigenvalue weighted by atomic mass is 9.77. The van der Waals surface area contributed by atoms with Gasteiger partial charge in [0.05, 0.1) is 6.61 Å². The van der Waals surface area contributed by atoms with Crippen LogP contribution in [0.2, 0.25) is 0 Å². The zero-order valence-electron chi connectivity index (χ0n) is 17.0. The molecular formula is C24H27F3O2. The highest BCUT2D eigenvalue weighted by molar-refractivity contribution is 5.51. The minimum absolute atomic E-state index is 0.0315. The Hall–Kier alpha value is -2.43. The summed E-state index contributed by atoms with van der Waals surface area (Å²) in [4.78, 5) is 0. The maximum atomic E-state index is 14.9. The molecule has 2 aliphatic rings. The number of ether oxygens (including phenoxy) is 2. The first-order valence-corrected chi connectivity index (χ1v) is 10.1. The van der Waals surface area contributed by atoms with Gasteiger partial charge in [-0.15, -0.1) is 0 Å². The maximum absolute atomic E-state index is 14.9. The van der Waals surface area contributed by atoms with Gasteiger partial charge in [0.2, 0.25) is 11.6 Å². The van der Waals surface area contributed by atoms with Crippen LogP contribution in [0.15, 0.2) is 54.3 Å². The molecule has 1 heterocycles. The normalized spacial score (nSPS) is 23.6. The fourth-order valence-corrected chi connectivity index (χ4v) is 4.17. The van der Waals surface area contributed by atoms with E-state index in [0.29, 0.717) is 22.6 Å². The molecule has 0 spiro atoms. The monoisotopic (exact) mass is 404 g/mol. The molecule has 1 aromatic carbocycles. The minimum Gasteiger partial charge on any atom is -0.491 e. The molecule has 2 nitrogen and oxygen atoms in total. The van der Waals surface area contributed by atoms with E-state index in [0.717, 1.165) is 25.7 Å². The first kappa shape index (κ1) is 21.3. The lowest BCUT2D eigenvalue weighted by molar-refractivity contribution is 0.220. The van der Waals surface area contributed by atoms with Crippen molar-refractivity contribution >= 4 is 0 Å². The van der Waals surface area contributed by atoms with Crippen LogP contribution in [0.4, 0.5) is 13.2 Å². The molecule has 0 bridgehead atoms. The summed E-state index contributed by atoms with van der Waals surface area (Å²) in [5.74, 6) is -3.13. The van der Waals surface area contributed by atoms with Crippen molar-refractivity contribution in [2.75, 3.05) is 6.61 Å². The molecule has 0 saturated heterocycles. The number of benzene rings is 1. The summed E-state index contributed by atoms with van der Waals surface area (Å²) in [6.07, 6.45) is 7.91. The molecule has 5 heteroatoms. The quantitative estimate of drug-likeness (QED) is 0.387. The van der Waals surface area contributed by atoms with Crippen LogP contribution in [-0.4, -0.2) is 6.61 Å². The van der Waals surface area contributed by atoms with Gasteiger partial charge in [-0.1, -0.05) is 25.3 Å². The molecule has 1 aromatic rings. The third kappa shape index (κ3) is 4.29. The Morgan fingerprint density at radius 3 is 2.55 bits per heavy atom. The lowest BCUT2D eigenvalue weighted by Crippen LogP contribution is -2.18. The molecule has 0 unspecified atom stereocenters. The molecule has 156 valence electrons. The van der Waals surface area contributed by atoms with Crippen molar-refractivity contribution in [2.45, 2.75) is 51.9 Å². The fraction of sp³-hybridized carbons (Fsp3) is 0.417. The van der Waals surface area contributed by atoms with Gasteiger partial charge in [-0.3, -0.25) is 0 Å². The summed E-state index contributed by atoms with van der Waals surface area (Å²) in [6.45, 7) is 11.2.